The number of fused-ring (bicyclic) bond motifs is 1. The molecule has 1 saturated heterocycles. The van der Waals surface area contributed by atoms with Crippen LogP contribution in [0.2, 0.25) is 0 Å². The number of nitrogens with zero attached hydrogens (tertiary/aromatic N) is 4. The summed E-state index contributed by atoms with van der Waals surface area (Å²) in [5.74, 6) is 2.05. The van der Waals surface area contributed by atoms with Gasteiger partial charge in [0.2, 0.25) is 5.91 Å². The molecule has 2 fully saturated rings. The van der Waals surface area contributed by atoms with E-state index in [2.05, 4.69) is 36.1 Å². The third-order valence-corrected chi connectivity index (χ3v) is 7.43. The summed E-state index contributed by atoms with van der Waals surface area (Å²) in [6.07, 6.45) is 10.9. The van der Waals surface area contributed by atoms with Crippen LogP contribution in [0.3, 0.4) is 0 Å². The van der Waals surface area contributed by atoms with Gasteiger partial charge in [0.1, 0.15) is 11.6 Å². The topological polar surface area (TPSA) is 49.3 Å². The predicted molar refractivity (Wildman–Crippen MR) is 123 cm³/mol. The van der Waals surface area contributed by atoms with E-state index in [0.29, 0.717) is 18.5 Å². The third kappa shape index (κ3) is 4.25. The second-order valence-corrected chi connectivity index (χ2v) is 9.44. The Labute approximate surface area is 185 Å². The maximum absolute atomic E-state index is 12.9. The zero-order valence-corrected chi connectivity index (χ0v) is 18.7. The molecule has 1 aromatic carbocycles. The molecule has 164 valence electrons. The van der Waals surface area contributed by atoms with Crippen molar-refractivity contribution in [2.45, 2.75) is 83.2 Å². The number of carbonyl (C=O) groups excluding carboxylic acids is 1. The molecular weight excluding hydrogens is 384 g/mol. The fourth-order valence-corrected chi connectivity index (χ4v) is 5.81. The quantitative estimate of drug-likeness (QED) is 0.678. The van der Waals surface area contributed by atoms with E-state index in [0.717, 1.165) is 56.1 Å². The van der Waals surface area contributed by atoms with Crippen LogP contribution in [0.15, 0.2) is 30.3 Å². The number of carbonyl (C=O) groups is 1. The highest BCUT2D eigenvalue weighted by molar-refractivity contribution is 5.95. The Bertz CT molecular complexity index is 923. The number of hydrogen-bond donors (Lipinski definition) is 0. The summed E-state index contributed by atoms with van der Waals surface area (Å²) < 4.78 is 0. The largest absolute Gasteiger partial charge is 0.296 e. The van der Waals surface area contributed by atoms with Gasteiger partial charge in [-0.25, -0.2) is 9.97 Å². The number of amides is 1. The number of hydrogen-bond acceptors (Lipinski definition) is 4. The highest BCUT2D eigenvalue weighted by atomic mass is 16.2. The summed E-state index contributed by atoms with van der Waals surface area (Å²) in [6, 6.07) is 11.5. The van der Waals surface area contributed by atoms with Gasteiger partial charge in [0, 0.05) is 30.3 Å². The highest BCUT2D eigenvalue weighted by Crippen LogP contribution is 2.38. The molecule has 3 aliphatic rings. The second kappa shape index (κ2) is 9.07. The predicted octanol–water partition coefficient (Wildman–Crippen LogP) is 4.78. The van der Waals surface area contributed by atoms with Crippen molar-refractivity contribution in [1.82, 2.24) is 14.9 Å². The van der Waals surface area contributed by atoms with Crippen LogP contribution in [-0.4, -0.2) is 39.9 Å². The minimum absolute atomic E-state index is 0.212. The summed E-state index contributed by atoms with van der Waals surface area (Å²) in [5.41, 5.74) is 3.57. The summed E-state index contributed by atoms with van der Waals surface area (Å²) >= 11 is 0. The number of rotatable bonds is 6. The summed E-state index contributed by atoms with van der Waals surface area (Å²) in [5, 5.41) is 0. The number of likely N-dealkylation sites (tertiary alicyclic amines) is 1. The molecular formula is C26H34N4O. The Morgan fingerprint density at radius 2 is 1.81 bits per heavy atom. The van der Waals surface area contributed by atoms with Crippen LogP contribution in [-0.2, 0) is 17.6 Å². The molecule has 0 radical (unpaired) electrons. The molecule has 1 atom stereocenters. The second-order valence-electron chi connectivity index (χ2n) is 9.44. The lowest BCUT2D eigenvalue weighted by Gasteiger charge is -2.33. The average molecular weight is 419 g/mol. The molecule has 0 bridgehead atoms. The molecule has 31 heavy (non-hydrogen) atoms. The zero-order chi connectivity index (χ0) is 21.2. The standard InChI is InChI=1S/C26H34N4O/c1-19-22-15-16-24(31)30(18-7-11-20-9-3-2-4-10-20)26(22)28-25(27-19)23-14-8-17-29(23)21-12-5-6-13-21/h2-4,9-10,21,23H,5-8,11-18H2,1H3/t23-/m0/s1. The van der Waals surface area contributed by atoms with Crippen LogP contribution in [0, 0.1) is 6.92 Å². The van der Waals surface area contributed by atoms with E-state index >= 15 is 0 Å². The van der Waals surface area contributed by atoms with E-state index in [4.69, 9.17) is 9.97 Å². The van der Waals surface area contributed by atoms with Crippen molar-refractivity contribution in [1.29, 1.82) is 0 Å². The van der Waals surface area contributed by atoms with Gasteiger partial charge in [-0.2, -0.15) is 0 Å². The fraction of sp³-hybridized carbons (Fsp3) is 0.577. The lowest BCUT2D eigenvalue weighted by Crippen LogP contribution is -2.39. The molecule has 5 rings (SSSR count). The first-order valence-electron chi connectivity index (χ1n) is 12.2. The van der Waals surface area contributed by atoms with E-state index in [1.54, 1.807) is 0 Å². The van der Waals surface area contributed by atoms with Gasteiger partial charge in [0.25, 0.3) is 0 Å². The Kier molecular flexibility index (Phi) is 6.04. The fourth-order valence-electron chi connectivity index (χ4n) is 5.81. The van der Waals surface area contributed by atoms with Crippen LogP contribution in [0.25, 0.3) is 0 Å². The zero-order valence-electron chi connectivity index (χ0n) is 18.7. The molecule has 1 saturated carbocycles. The molecule has 5 nitrogen and oxygen atoms in total. The van der Waals surface area contributed by atoms with Crippen LogP contribution >= 0.6 is 0 Å². The highest BCUT2D eigenvalue weighted by Gasteiger charge is 2.36. The Hall–Kier alpha value is -2.27. The normalized spacial score (nSPS) is 22.3. The van der Waals surface area contributed by atoms with E-state index < -0.39 is 0 Å². The molecule has 5 heteroatoms. The molecule has 0 N–H and O–H groups in total. The van der Waals surface area contributed by atoms with Gasteiger partial charge in [0.05, 0.1) is 6.04 Å². The van der Waals surface area contributed by atoms with E-state index in [9.17, 15) is 4.79 Å². The lowest BCUT2D eigenvalue weighted by molar-refractivity contribution is -0.119. The van der Waals surface area contributed by atoms with Crippen LogP contribution < -0.4 is 4.90 Å². The number of aromatic nitrogens is 2. The van der Waals surface area contributed by atoms with Gasteiger partial charge in [-0.15, -0.1) is 0 Å². The molecule has 1 aliphatic carbocycles. The molecule has 3 heterocycles. The maximum atomic E-state index is 12.9. The van der Waals surface area contributed by atoms with E-state index in [-0.39, 0.29) is 5.91 Å². The molecule has 1 amide bonds. The number of anilines is 1. The first-order chi connectivity index (χ1) is 15.2. The maximum Gasteiger partial charge on any atom is 0.228 e. The molecule has 1 aromatic heterocycles. The first-order valence-corrected chi connectivity index (χ1v) is 12.2. The van der Waals surface area contributed by atoms with E-state index in [1.165, 1.54) is 43.2 Å². The van der Waals surface area contributed by atoms with Crippen LogP contribution in [0.5, 0.6) is 0 Å². The summed E-state index contributed by atoms with van der Waals surface area (Å²) in [4.78, 5) is 27.6. The van der Waals surface area contributed by atoms with Crippen molar-refractivity contribution in [3.8, 4) is 0 Å². The average Bonchev–Trinajstić information content (AvgIpc) is 3.47. The van der Waals surface area contributed by atoms with E-state index in [1.807, 2.05) is 11.0 Å². The van der Waals surface area contributed by atoms with Gasteiger partial charge in [-0.05, 0) is 64.0 Å². The minimum Gasteiger partial charge on any atom is -0.296 e. The Morgan fingerprint density at radius 3 is 2.61 bits per heavy atom. The Morgan fingerprint density at radius 1 is 1.00 bits per heavy atom. The van der Waals surface area contributed by atoms with Gasteiger partial charge in [-0.1, -0.05) is 43.2 Å². The van der Waals surface area contributed by atoms with Crippen molar-refractivity contribution >= 4 is 11.7 Å². The van der Waals surface area contributed by atoms with Crippen LogP contribution in [0.4, 0.5) is 5.82 Å². The van der Waals surface area contributed by atoms with Gasteiger partial charge in [0.15, 0.2) is 0 Å². The Balaban J connectivity index is 1.38. The van der Waals surface area contributed by atoms with Crippen molar-refractivity contribution in [2.24, 2.45) is 0 Å². The monoisotopic (exact) mass is 418 g/mol. The SMILES string of the molecule is Cc1nc([C@@H]2CCCN2C2CCCC2)nc2c1CCC(=O)N2CCCc1ccccc1. The molecule has 2 aromatic rings. The summed E-state index contributed by atoms with van der Waals surface area (Å²) in [7, 11) is 0. The van der Waals surface area contributed by atoms with Crippen LogP contribution in [0.1, 0.15) is 80.1 Å². The van der Waals surface area contributed by atoms with Crippen molar-refractivity contribution in [2.75, 3.05) is 18.0 Å². The first kappa shape index (κ1) is 20.6. The molecule has 0 unspecified atom stereocenters. The minimum atomic E-state index is 0.212. The molecule has 2 aliphatic heterocycles. The van der Waals surface area contributed by atoms with Crippen molar-refractivity contribution in [3.63, 3.8) is 0 Å². The van der Waals surface area contributed by atoms with Gasteiger partial charge < -0.3 is 0 Å². The summed E-state index contributed by atoms with van der Waals surface area (Å²) in [6.45, 7) is 4.00. The molecule has 0 spiro atoms. The number of benzene rings is 1. The van der Waals surface area contributed by atoms with Gasteiger partial charge in [-0.3, -0.25) is 14.6 Å². The third-order valence-electron chi connectivity index (χ3n) is 7.43. The number of aryl methyl sites for hydroxylation is 2. The van der Waals surface area contributed by atoms with Crippen molar-refractivity contribution < 1.29 is 4.79 Å². The van der Waals surface area contributed by atoms with Gasteiger partial charge >= 0.3 is 0 Å². The smallest absolute Gasteiger partial charge is 0.228 e. The van der Waals surface area contributed by atoms with Crippen molar-refractivity contribution in [3.05, 3.63) is 53.0 Å². The lowest BCUT2D eigenvalue weighted by atomic mass is 10.0.